The van der Waals surface area contributed by atoms with E-state index in [9.17, 15) is 0 Å². The fraction of sp³-hybridized carbons (Fsp3) is 0.611. The monoisotopic (exact) mass is 346 g/mol. The highest BCUT2D eigenvalue weighted by Crippen LogP contribution is 2.28. The summed E-state index contributed by atoms with van der Waals surface area (Å²) in [6, 6.07) is 8.47. The Morgan fingerprint density at radius 1 is 0.957 bits per heavy atom. The standard InChI is InChI=1S/C13H22O2Si.CO2.4CH4/c1-11-7-9-12(10-8-11)13(2,3)15-16(5,6)14-4;2-1-3;;;;/h7-10H,1-6H3;;4*1H4. The molecule has 0 radical (unpaired) electrons. The topological polar surface area (TPSA) is 52.6 Å². The Morgan fingerprint density at radius 2 is 1.30 bits per heavy atom. The van der Waals surface area contributed by atoms with Crippen LogP contribution in [0.1, 0.15) is 54.7 Å². The maximum Gasteiger partial charge on any atom is 0.373 e. The van der Waals surface area contributed by atoms with E-state index in [0.29, 0.717) is 0 Å². The van der Waals surface area contributed by atoms with Crippen LogP contribution in [0.5, 0.6) is 0 Å². The molecule has 0 N–H and O–H groups in total. The smallest absolute Gasteiger partial charge is 0.373 e. The Bertz CT molecular complexity index is 419. The molecule has 0 aliphatic rings. The van der Waals surface area contributed by atoms with Crippen LogP contribution in [0.4, 0.5) is 0 Å². The molecule has 0 spiro atoms. The number of benzene rings is 1. The molecule has 138 valence electrons. The molecule has 0 atom stereocenters. The van der Waals surface area contributed by atoms with E-state index in [2.05, 4.69) is 58.1 Å². The van der Waals surface area contributed by atoms with Gasteiger partial charge in [0.2, 0.25) is 0 Å². The van der Waals surface area contributed by atoms with Gasteiger partial charge in [-0.05, 0) is 39.4 Å². The highest BCUT2D eigenvalue weighted by molar-refractivity contribution is 6.64. The van der Waals surface area contributed by atoms with Crippen molar-refractivity contribution in [3.8, 4) is 0 Å². The van der Waals surface area contributed by atoms with Crippen molar-refractivity contribution in [1.82, 2.24) is 0 Å². The predicted octanol–water partition coefficient (Wildman–Crippen LogP) is 5.56. The van der Waals surface area contributed by atoms with Crippen LogP contribution in [0.25, 0.3) is 0 Å². The molecule has 0 aromatic heterocycles. The van der Waals surface area contributed by atoms with Gasteiger partial charge in [0.05, 0.1) is 5.60 Å². The SMILES string of the molecule is C.C.C.C.CO[Si](C)(C)OC(C)(C)c1ccc(C)cc1.O=C=O. The van der Waals surface area contributed by atoms with Gasteiger partial charge in [0.25, 0.3) is 0 Å². The van der Waals surface area contributed by atoms with Crippen LogP contribution in [0.15, 0.2) is 24.3 Å². The molecule has 1 aromatic carbocycles. The molecule has 0 saturated heterocycles. The van der Waals surface area contributed by atoms with Crippen molar-refractivity contribution < 1.29 is 18.4 Å². The lowest BCUT2D eigenvalue weighted by Crippen LogP contribution is -2.41. The Morgan fingerprint density at radius 3 is 1.61 bits per heavy atom. The average molecular weight is 347 g/mol. The second-order valence-electron chi connectivity index (χ2n) is 5.17. The van der Waals surface area contributed by atoms with Crippen LogP contribution in [-0.4, -0.2) is 21.8 Å². The summed E-state index contributed by atoms with van der Waals surface area (Å²) in [5.74, 6) is 0. The zero-order chi connectivity index (χ0) is 15.1. The predicted molar refractivity (Wildman–Crippen MR) is 102 cm³/mol. The summed E-state index contributed by atoms with van der Waals surface area (Å²) in [6.07, 6.45) is 0.250. The summed E-state index contributed by atoms with van der Waals surface area (Å²) in [4.78, 5) is 16.2. The normalized spacial score (nSPS) is 9.30. The third kappa shape index (κ3) is 12.9. The molecule has 0 bridgehead atoms. The number of hydrogen-bond donors (Lipinski definition) is 0. The number of aryl methyl sites for hydroxylation is 1. The van der Waals surface area contributed by atoms with E-state index in [1.807, 2.05) is 0 Å². The maximum atomic E-state index is 8.12. The van der Waals surface area contributed by atoms with Crippen molar-refractivity contribution in [3.05, 3.63) is 35.4 Å². The lowest BCUT2D eigenvalue weighted by Gasteiger charge is -2.34. The van der Waals surface area contributed by atoms with Gasteiger partial charge < -0.3 is 8.85 Å². The molecule has 23 heavy (non-hydrogen) atoms. The van der Waals surface area contributed by atoms with E-state index in [4.69, 9.17) is 18.4 Å². The van der Waals surface area contributed by atoms with Gasteiger partial charge in [-0.15, -0.1) is 0 Å². The quantitative estimate of drug-likeness (QED) is 0.670. The minimum absolute atomic E-state index is 0. The zero-order valence-electron chi connectivity index (χ0n) is 12.4. The highest BCUT2D eigenvalue weighted by atomic mass is 28.4. The van der Waals surface area contributed by atoms with Crippen LogP contribution in [0.2, 0.25) is 13.1 Å². The summed E-state index contributed by atoms with van der Waals surface area (Å²) < 4.78 is 11.6. The number of carbonyl (C=O) groups excluding carboxylic acids is 2. The molecule has 5 heteroatoms. The molecular formula is C18H38O4Si. The van der Waals surface area contributed by atoms with Crippen LogP contribution in [0, 0.1) is 6.92 Å². The van der Waals surface area contributed by atoms with Crippen LogP contribution < -0.4 is 0 Å². The molecule has 0 aliphatic carbocycles. The first kappa shape index (κ1) is 33.4. The summed E-state index contributed by atoms with van der Waals surface area (Å²) in [5, 5.41) is 0. The average Bonchev–Trinajstić information content (AvgIpc) is 2.29. The summed E-state index contributed by atoms with van der Waals surface area (Å²) in [5.41, 5.74) is 2.16. The van der Waals surface area contributed by atoms with E-state index in [1.165, 1.54) is 11.1 Å². The Labute approximate surface area is 145 Å². The summed E-state index contributed by atoms with van der Waals surface area (Å²) in [7, 11) is -0.289. The first-order valence-electron chi connectivity index (χ1n) is 6.00. The van der Waals surface area contributed by atoms with Crippen LogP contribution in [0.3, 0.4) is 0 Å². The van der Waals surface area contributed by atoms with Gasteiger partial charge in [0.1, 0.15) is 0 Å². The van der Waals surface area contributed by atoms with E-state index in [1.54, 1.807) is 7.11 Å². The maximum absolute atomic E-state index is 8.12. The fourth-order valence-corrected chi connectivity index (χ4v) is 3.10. The minimum Gasteiger partial charge on any atom is -0.398 e. The van der Waals surface area contributed by atoms with Crippen molar-refractivity contribution in [3.63, 3.8) is 0 Å². The van der Waals surface area contributed by atoms with E-state index >= 15 is 0 Å². The van der Waals surface area contributed by atoms with Crippen molar-refractivity contribution >= 4 is 14.7 Å². The molecule has 0 amide bonds. The summed E-state index contributed by atoms with van der Waals surface area (Å²) in [6.45, 7) is 10.4. The van der Waals surface area contributed by atoms with Gasteiger partial charge in [-0.3, -0.25) is 0 Å². The van der Waals surface area contributed by atoms with Gasteiger partial charge in [0.15, 0.2) is 0 Å². The molecule has 1 rings (SSSR count). The second-order valence-corrected chi connectivity index (χ2v) is 8.58. The zero-order valence-corrected chi connectivity index (χ0v) is 13.4. The molecule has 4 nitrogen and oxygen atoms in total. The Hall–Kier alpha value is -1.26. The van der Waals surface area contributed by atoms with Gasteiger partial charge in [-0.2, -0.15) is 9.59 Å². The molecular weight excluding hydrogens is 308 g/mol. The van der Waals surface area contributed by atoms with E-state index in [0.717, 1.165) is 0 Å². The molecule has 0 heterocycles. The number of rotatable bonds is 4. The lowest BCUT2D eigenvalue weighted by molar-refractivity contribution is -0.191. The third-order valence-electron chi connectivity index (χ3n) is 2.74. The lowest BCUT2D eigenvalue weighted by atomic mass is 9.98. The van der Waals surface area contributed by atoms with Gasteiger partial charge >= 0.3 is 14.7 Å². The number of hydrogen-bond acceptors (Lipinski definition) is 4. The largest absolute Gasteiger partial charge is 0.398 e. The molecule has 0 aliphatic heterocycles. The van der Waals surface area contributed by atoms with Gasteiger partial charge in [-0.1, -0.05) is 59.5 Å². The third-order valence-corrected chi connectivity index (χ3v) is 4.72. The van der Waals surface area contributed by atoms with E-state index < -0.39 is 8.56 Å². The van der Waals surface area contributed by atoms with Crippen molar-refractivity contribution in [2.75, 3.05) is 7.11 Å². The Kier molecular flexibility index (Phi) is 20.8. The Balaban J connectivity index is -0.000000143. The molecule has 1 aromatic rings. The summed E-state index contributed by atoms with van der Waals surface area (Å²) >= 11 is 0. The fourth-order valence-electron chi connectivity index (χ4n) is 1.67. The van der Waals surface area contributed by atoms with Crippen LogP contribution in [-0.2, 0) is 24.0 Å². The first-order valence-corrected chi connectivity index (χ1v) is 8.82. The minimum atomic E-state index is -2.01. The highest BCUT2D eigenvalue weighted by Gasteiger charge is 2.33. The van der Waals surface area contributed by atoms with Gasteiger partial charge in [0, 0.05) is 7.11 Å². The van der Waals surface area contributed by atoms with Crippen molar-refractivity contribution in [2.45, 2.75) is 69.2 Å². The molecule has 0 saturated carbocycles. The van der Waals surface area contributed by atoms with Crippen LogP contribution >= 0.6 is 0 Å². The molecule has 0 unspecified atom stereocenters. The van der Waals surface area contributed by atoms with Crippen molar-refractivity contribution in [1.29, 1.82) is 0 Å². The molecule has 0 fully saturated rings. The first-order chi connectivity index (χ1) is 8.68. The van der Waals surface area contributed by atoms with Gasteiger partial charge in [-0.25, -0.2) is 0 Å². The van der Waals surface area contributed by atoms with E-state index in [-0.39, 0.29) is 41.5 Å². The van der Waals surface area contributed by atoms with Crippen molar-refractivity contribution in [2.24, 2.45) is 0 Å². The second kappa shape index (κ2) is 14.3.